The summed E-state index contributed by atoms with van der Waals surface area (Å²) in [6.07, 6.45) is 3.15. The molecule has 4 nitrogen and oxygen atoms in total. The zero-order chi connectivity index (χ0) is 13.6. The van der Waals surface area contributed by atoms with Gasteiger partial charge in [0, 0.05) is 6.20 Å². The normalized spacial score (nSPS) is 10.9. The molecular formula is C13H16N2O2S. The highest BCUT2D eigenvalue weighted by atomic mass is 32.2. The summed E-state index contributed by atoms with van der Waals surface area (Å²) >= 11 is 1.58. The van der Waals surface area contributed by atoms with Gasteiger partial charge in [-0.3, -0.25) is 0 Å². The number of carboxylic acid groups (broad SMARTS) is 1. The van der Waals surface area contributed by atoms with Crippen molar-refractivity contribution in [2.75, 3.05) is 5.75 Å². The minimum atomic E-state index is -0.963. The summed E-state index contributed by atoms with van der Waals surface area (Å²) in [5, 5.41) is 18.4. The lowest BCUT2D eigenvalue weighted by Crippen LogP contribution is -2.07. The quantitative estimate of drug-likeness (QED) is 0.631. The van der Waals surface area contributed by atoms with Gasteiger partial charge in [0.1, 0.15) is 0 Å². The second kappa shape index (κ2) is 6.41. The lowest BCUT2D eigenvalue weighted by molar-refractivity contribution is 0.0696. The van der Waals surface area contributed by atoms with Crippen LogP contribution in [0.25, 0.3) is 0 Å². The second-order valence-corrected chi connectivity index (χ2v) is 5.75. The lowest BCUT2D eigenvalue weighted by Gasteiger charge is -2.13. The van der Waals surface area contributed by atoms with E-state index in [1.165, 1.54) is 6.20 Å². The molecule has 1 rings (SSSR count). The van der Waals surface area contributed by atoms with E-state index in [1.54, 1.807) is 23.9 Å². The minimum Gasteiger partial charge on any atom is -0.478 e. The van der Waals surface area contributed by atoms with Gasteiger partial charge in [-0.15, -0.1) is 11.8 Å². The zero-order valence-electron chi connectivity index (χ0n) is 10.5. The van der Waals surface area contributed by atoms with Gasteiger partial charge in [-0.05, 0) is 44.6 Å². The number of aromatic carboxylic acids is 1. The molecule has 0 aliphatic heterocycles. The van der Waals surface area contributed by atoms with Gasteiger partial charge in [0.25, 0.3) is 0 Å². The Kier molecular flexibility index (Phi) is 5.17. The predicted molar refractivity (Wildman–Crippen MR) is 70.5 cm³/mol. The molecule has 1 N–H and O–H groups in total. The van der Waals surface area contributed by atoms with Gasteiger partial charge in [-0.1, -0.05) is 0 Å². The average Bonchev–Trinajstić information content (AvgIpc) is 2.35. The average molecular weight is 264 g/mol. The SMILES string of the molecule is CC(C)(C#N)CCCSc1ccc(C(=O)O)cn1. The van der Waals surface area contributed by atoms with Crippen molar-refractivity contribution in [3.63, 3.8) is 0 Å². The van der Waals surface area contributed by atoms with Gasteiger partial charge in [-0.25, -0.2) is 9.78 Å². The van der Waals surface area contributed by atoms with Crippen LogP contribution in [0.3, 0.4) is 0 Å². The number of nitrogens with zero attached hydrogens (tertiary/aromatic N) is 2. The number of nitriles is 1. The predicted octanol–water partition coefficient (Wildman–Crippen LogP) is 3.20. The van der Waals surface area contributed by atoms with Crippen LogP contribution in [0.4, 0.5) is 0 Å². The number of aromatic nitrogens is 1. The van der Waals surface area contributed by atoms with Crippen LogP contribution in [0, 0.1) is 16.7 Å². The van der Waals surface area contributed by atoms with Crippen LogP contribution in [0.5, 0.6) is 0 Å². The molecule has 96 valence electrons. The highest BCUT2D eigenvalue weighted by Crippen LogP contribution is 2.24. The lowest BCUT2D eigenvalue weighted by atomic mass is 9.90. The van der Waals surface area contributed by atoms with Crippen molar-refractivity contribution in [3.8, 4) is 6.07 Å². The van der Waals surface area contributed by atoms with Crippen LogP contribution in [0.15, 0.2) is 23.4 Å². The Morgan fingerprint density at radius 3 is 2.78 bits per heavy atom. The zero-order valence-corrected chi connectivity index (χ0v) is 11.3. The summed E-state index contributed by atoms with van der Waals surface area (Å²) < 4.78 is 0. The Morgan fingerprint density at radius 1 is 1.56 bits per heavy atom. The van der Waals surface area contributed by atoms with Crippen molar-refractivity contribution >= 4 is 17.7 Å². The number of carbonyl (C=O) groups is 1. The summed E-state index contributed by atoms with van der Waals surface area (Å²) in [6.45, 7) is 3.86. The molecule has 0 atom stereocenters. The molecule has 18 heavy (non-hydrogen) atoms. The second-order valence-electron chi connectivity index (χ2n) is 4.64. The molecular weight excluding hydrogens is 248 g/mol. The molecule has 0 aliphatic carbocycles. The molecule has 1 aromatic heterocycles. The molecule has 0 saturated heterocycles. The number of thioether (sulfide) groups is 1. The summed E-state index contributed by atoms with van der Waals surface area (Å²) in [7, 11) is 0. The molecule has 5 heteroatoms. The smallest absolute Gasteiger partial charge is 0.337 e. The molecule has 0 amide bonds. The fraction of sp³-hybridized carbons (Fsp3) is 0.462. The van der Waals surface area contributed by atoms with Gasteiger partial charge in [0.15, 0.2) is 0 Å². The van der Waals surface area contributed by atoms with E-state index >= 15 is 0 Å². The topological polar surface area (TPSA) is 74.0 Å². The van der Waals surface area contributed by atoms with Crippen LogP contribution in [-0.2, 0) is 0 Å². The number of hydrogen-bond donors (Lipinski definition) is 1. The van der Waals surface area contributed by atoms with Gasteiger partial charge in [0.2, 0.25) is 0 Å². The summed E-state index contributed by atoms with van der Waals surface area (Å²) in [5.74, 6) is -0.0836. The first kappa shape index (κ1) is 14.5. The third kappa shape index (κ3) is 4.76. The standard InChI is InChI=1S/C13H16N2O2S/c1-13(2,9-14)6-3-7-18-11-5-4-10(8-15-11)12(16)17/h4-5,8H,3,6-7H2,1-2H3,(H,16,17). The van der Waals surface area contributed by atoms with Gasteiger partial charge >= 0.3 is 5.97 Å². The van der Waals surface area contributed by atoms with E-state index in [9.17, 15) is 4.79 Å². The van der Waals surface area contributed by atoms with Gasteiger partial charge in [-0.2, -0.15) is 5.26 Å². The molecule has 0 aliphatic rings. The van der Waals surface area contributed by atoms with Crippen molar-refractivity contribution in [2.45, 2.75) is 31.7 Å². The van der Waals surface area contributed by atoms with Crippen LogP contribution in [-0.4, -0.2) is 21.8 Å². The van der Waals surface area contributed by atoms with E-state index < -0.39 is 5.97 Å². The van der Waals surface area contributed by atoms with Crippen molar-refractivity contribution in [3.05, 3.63) is 23.9 Å². The van der Waals surface area contributed by atoms with Crippen molar-refractivity contribution in [1.29, 1.82) is 5.26 Å². The Morgan fingerprint density at radius 2 is 2.28 bits per heavy atom. The summed E-state index contributed by atoms with van der Waals surface area (Å²) in [5.41, 5.74) is -0.0776. The summed E-state index contributed by atoms with van der Waals surface area (Å²) in [4.78, 5) is 14.7. The van der Waals surface area contributed by atoms with E-state index in [0.29, 0.717) is 0 Å². The molecule has 0 aromatic carbocycles. The molecule has 1 heterocycles. The van der Waals surface area contributed by atoms with Crippen LogP contribution in [0.2, 0.25) is 0 Å². The maximum absolute atomic E-state index is 10.6. The fourth-order valence-corrected chi connectivity index (χ4v) is 2.13. The van der Waals surface area contributed by atoms with Gasteiger partial charge in [0.05, 0.1) is 22.1 Å². The van der Waals surface area contributed by atoms with Crippen molar-refractivity contribution < 1.29 is 9.90 Å². The highest BCUT2D eigenvalue weighted by Gasteiger charge is 2.15. The number of pyridine rings is 1. The molecule has 0 radical (unpaired) electrons. The Labute approximate surface area is 111 Å². The molecule has 0 saturated carbocycles. The number of carboxylic acids is 1. The fourth-order valence-electron chi connectivity index (χ4n) is 1.34. The molecule has 0 bridgehead atoms. The first-order valence-corrected chi connectivity index (χ1v) is 6.66. The number of rotatable bonds is 6. The molecule has 0 spiro atoms. The maximum atomic E-state index is 10.6. The molecule has 0 unspecified atom stereocenters. The van der Waals surface area contributed by atoms with Crippen LogP contribution < -0.4 is 0 Å². The van der Waals surface area contributed by atoms with Crippen molar-refractivity contribution in [2.24, 2.45) is 5.41 Å². The van der Waals surface area contributed by atoms with E-state index in [0.717, 1.165) is 23.6 Å². The first-order valence-electron chi connectivity index (χ1n) is 5.68. The minimum absolute atomic E-state index is 0.199. The third-order valence-corrected chi connectivity index (χ3v) is 3.51. The molecule has 0 fully saturated rings. The first-order chi connectivity index (χ1) is 8.44. The largest absolute Gasteiger partial charge is 0.478 e. The van der Waals surface area contributed by atoms with Crippen molar-refractivity contribution in [1.82, 2.24) is 4.98 Å². The Bertz CT molecular complexity index is 449. The third-order valence-electron chi connectivity index (χ3n) is 2.48. The highest BCUT2D eigenvalue weighted by molar-refractivity contribution is 7.99. The van der Waals surface area contributed by atoms with Crippen LogP contribution >= 0.6 is 11.8 Å². The Hall–Kier alpha value is -1.54. The van der Waals surface area contributed by atoms with E-state index in [4.69, 9.17) is 10.4 Å². The van der Waals surface area contributed by atoms with E-state index in [-0.39, 0.29) is 11.0 Å². The summed E-state index contributed by atoms with van der Waals surface area (Å²) in [6, 6.07) is 5.53. The number of hydrogen-bond acceptors (Lipinski definition) is 4. The van der Waals surface area contributed by atoms with E-state index in [1.807, 2.05) is 13.8 Å². The van der Waals surface area contributed by atoms with Crippen LogP contribution in [0.1, 0.15) is 37.0 Å². The molecule has 1 aromatic rings. The Balaban J connectivity index is 2.37. The van der Waals surface area contributed by atoms with E-state index in [2.05, 4.69) is 11.1 Å². The monoisotopic (exact) mass is 264 g/mol. The maximum Gasteiger partial charge on any atom is 0.337 e. The van der Waals surface area contributed by atoms with Gasteiger partial charge < -0.3 is 5.11 Å².